The number of hydrogen-bond donors (Lipinski definition) is 1. The van der Waals surface area contributed by atoms with Gasteiger partial charge in [0.05, 0.1) is 16.1 Å². The molecule has 4 aromatic rings. The van der Waals surface area contributed by atoms with E-state index in [9.17, 15) is 13.4 Å². The number of fused-ring (bicyclic) bond motifs is 1. The molecule has 5 nitrogen and oxygen atoms in total. The summed E-state index contributed by atoms with van der Waals surface area (Å²) in [6.07, 6.45) is 0. The van der Waals surface area contributed by atoms with Gasteiger partial charge >= 0.3 is 0 Å². The highest BCUT2D eigenvalue weighted by atomic mass is 32.2. The van der Waals surface area contributed by atoms with E-state index in [0.717, 1.165) is 5.56 Å². The molecule has 0 amide bonds. The van der Waals surface area contributed by atoms with Crippen LogP contribution in [0.1, 0.15) is 5.56 Å². The van der Waals surface area contributed by atoms with Crippen LogP contribution in [0.25, 0.3) is 16.5 Å². The summed E-state index contributed by atoms with van der Waals surface area (Å²) in [6.45, 7) is 1.94. The molecule has 0 spiro atoms. The Balaban J connectivity index is 1.99. The summed E-state index contributed by atoms with van der Waals surface area (Å²) in [7, 11) is -1.70. The second kappa shape index (κ2) is 6.71. The third-order valence-corrected chi connectivity index (χ3v) is 6.29. The maximum Gasteiger partial charge on any atom is 0.282 e. The quantitative estimate of drug-likeness (QED) is 0.570. The number of aryl methyl sites for hydroxylation is 1. The highest BCUT2D eigenvalue weighted by Gasteiger charge is 2.21. The number of nitrogens with zero attached hydrogens (tertiary/aromatic N) is 2. The Kier molecular flexibility index (Phi) is 4.37. The molecule has 0 aliphatic heterocycles. The summed E-state index contributed by atoms with van der Waals surface area (Å²) < 4.78 is 27.5. The number of hydrogen-bond acceptors (Lipinski definition) is 5. The predicted molar refractivity (Wildman–Crippen MR) is 105 cm³/mol. The molecule has 136 valence electrons. The topological polar surface area (TPSA) is 78.0 Å². The largest absolute Gasteiger partial charge is 0.390 e. The highest BCUT2D eigenvalue weighted by Crippen LogP contribution is 2.30. The minimum Gasteiger partial charge on any atom is -0.390 e. The van der Waals surface area contributed by atoms with Crippen molar-refractivity contribution in [2.24, 2.45) is 0 Å². The van der Waals surface area contributed by atoms with E-state index in [0.29, 0.717) is 26.4 Å². The van der Waals surface area contributed by atoms with Gasteiger partial charge in [0, 0.05) is 15.7 Å². The van der Waals surface area contributed by atoms with Crippen LogP contribution in [0.15, 0.2) is 68.6 Å². The molecule has 0 radical (unpaired) electrons. The lowest BCUT2D eigenvalue weighted by Gasteiger charge is -2.10. The van der Waals surface area contributed by atoms with Crippen molar-refractivity contribution in [1.82, 2.24) is 9.78 Å². The zero-order chi connectivity index (χ0) is 19.1. The molecule has 27 heavy (non-hydrogen) atoms. The summed E-state index contributed by atoms with van der Waals surface area (Å²) in [4.78, 5) is 13.3. The molecule has 4 rings (SSSR count). The van der Waals surface area contributed by atoms with Gasteiger partial charge in [-0.3, -0.25) is 4.79 Å². The first-order valence-electron chi connectivity index (χ1n) is 8.00. The van der Waals surface area contributed by atoms with Crippen LogP contribution in [0.3, 0.4) is 0 Å². The van der Waals surface area contributed by atoms with Crippen LogP contribution >= 0.6 is 11.3 Å². The minimum absolute atomic E-state index is 0.213. The van der Waals surface area contributed by atoms with Gasteiger partial charge in [0.25, 0.3) is 5.56 Å². The zero-order valence-electron chi connectivity index (χ0n) is 14.2. The van der Waals surface area contributed by atoms with Gasteiger partial charge < -0.3 is 5.73 Å². The van der Waals surface area contributed by atoms with Gasteiger partial charge in [0.2, 0.25) is 0 Å². The van der Waals surface area contributed by atoms with Gasteiger partial charge in [-0.05, 0) is 43.3 Å². The molecule has 2 aromatic carbocycles. The lowest BCUT2D eigenvalue weighted by atomic mass is 10.2. The minimum atomic E-state index is -1.70. The van der Waals surface area contributed by atoms with Crippen LogP contribution in [0, 0.1) is 12.7 Å². The third-order valence-electron chi connectivity index (χ3n) is 4.13. The van der Waals surface area contributed by atoms with Crippen molar-refractivity contribution in [3.63, 3.8) is 0 Å². The second-order valence-corrected chi connectivity index (χ2v) is 8.28. The Labute approximate surface area is 160 Å². The molecule has 1 unspecified atom stereocenters. The number of aromatic nitrogens is 2. The Morgan fingerprint density at radius 2 is 1.78 bits per heavy atom. The molecule has 1 atom stereocenters. The standard InChI is InChI=1S/C19H14FN3O2S2/c1-11-2-6-13(7-3-11)23-19(24)16-15(10-26-17(16)21)18(22-23)27(25)14-8-4-12(20)5-9-14/h2-10H,21H2,1H3. The first kappa shape index (κ1) is 17.6. The Morgan fingerprint density at radius 3 is 2.44 bits per heavy atom. The molecular weight excluding hydrogens is 385 g/mol. The third kappa shape index (κ3) is 3.07. The SMILES string of the molecule is Cc1ccc(-n2nc(S(=O)c3ccc(F)cc3)c3csc(N)c3c2=O)cc1. The van der Waals surface area contributed by atoms with Crippen LogP contribution in [0.2, 0.25) is 0 Å². The van der Waals surface area contributed by atoms with Crippen LogP contribution in [0.4, 0.5) is 9.39 Å². The van der Waals surface area contributed by atoms with Gasteiger partial charge in [-0.2, -0.15) is 9.78 Å². The van der Waals surface area contributed by atoms with Crippen LogP contribution in [0.5, 0.6) is 0 Å². The van der Waals surface area contributed by atoms with Gasteiger partial charge in [-0.15, -0.1) is 11.3 Å². The molecule has 0 aliphatic carbocycles. The monoisotopic (exact) mass is 399 g/mol. The fraction of sp³-hybridized carbons (Fsp3) is 0.0526. The Morgan fingerprint density at radius 1 is 1.11 bits per heavy atom. The molecule has 2 aromatic heterocycles. The van der Waals surface area contributed by atoms with E-state index < -0.39 is 16.6 Å². The zero-order valence-corrected chi connectivity index (χ0v) is 15.8. The number of nitrogens with two attached hydrogens (primary N) is 1. The van der Waals surface area contributed by atoms with Gasteiger partial charge in [0.1, 0.15) is 16.6 Å². The van der Waals surface area contributed by atoms with E-state index in [1.807, 2.05) is 19.1 Å². The smallest absolute Gasteiger partial charge is 0.282 e. The molecule has 2 heterocycles. The van der Waals surface area contributed by atoms with E-state index in [-0.39, 0.29) is 10.6 Å². The number of benzene rings is 2. The molecular formula is C19H14FN3O2S2. The number of rotatable bonds is 3. The molecule has 0 saturated heterocycles. The summed E-state index contributed by atoms with van der Waals surface area (Å²) in [5, 5.41) is 7.35. The predicted octanol–water partition coefficient (Wildman–Crippen LogP) is 3.64. The van der Waals surface area contributed by atoms with Crippen LogP contribution in [-0.2, 0) is 10.8 Å². The van der Waals surface area contributed by atoms with Crippen LogP contribution < -0.4 is 11.3 Å². The fourth-order valence-electron chi connectivity index (χ4n) is 2.71. The van der Waals surface area contributed by atoms with Crippen molar-refractivity contribution >= 4 is 37.9 Å². The normalized spacial score (nSPS) is 12.4. The highest BCUT2D eigenvalue weighted by molar-refractivity contribution is 7.85. The Bertz CT molecular complexity index is 1230. The average molecular weight is 399 g/mol. The molecule has 2 N–H and O–H groups in total. The van der Waals surface area contributed by atoms with E-state index in [1.165, 1.54) is 40.3 Å². The number of thiophene rings is 1. The van der Waals surface area contributed by atoms with Gasteiger partial charge in [-0.25, -0.2) is 8.60 Å². The van der Waals surface area contributed by atoms with E-state index in [4.69, 9.17) is 5.73 Å². The summed E-state index contributed by atoms with van der Waals surface area (Å²) >= 11 is 1.20. The van der Waals surface area contributed by atoms with Gasteiger partial charge in [0.15, 0.2) is 5.03 Å². The Hall–Kier alpha value is -2.84. The molecule has 0 aliphatic rings. The fourth-order valence-corrected chi connectivity index (χ4v) is 4.70. The lowest BCUT2D eigenvalue weighted by Crippen LogP contribution is -2.23. The van der Waals surface area contributed by atoms with Crippen molar-refractivity contribution in [2.45, 2.75) is 16.8 Å². The lowest BCUT2D eigenvalue weighted by molar-refractivity contribution is 0.626. The second-order valence-electron chi connectivity index (χ2n) is 5.97. The summed E-state index contributed by atoms with van der Waals surface area (Å²) in [5.41, 5.74) is 7.23. The van der Waals surface area contributed by atoms with E-state index in [2.05, 4.69) is 5.10 Å². The average Bonchev–Trinajstić information content (AvgIpc) is 3.05. The van der Waals surface area contributed by atoms with E-state index in [1.54, 1.807) is 17.5 Å². The van der Waals surface area contributed by atoms with E-state index >= 15 is 0 Å². The summed E-state index contributed by atoms with van der Waals surface area (Å²) in [6, 6.07) is 12.6. The number of halogens is 1. The van der Waals surface area contributed by atoms with Gasteiger partial charge in [-0.1, -0.05) is 17.7 Å². The van der Waals surface area contributed by atoms with Crippen molar-refractivity contribution < 1.29 is 8.60 Å². The molecule has 0 fully saturated rings. The van der Waals surface area contributed by atoms with Crippen molar-refractivity contribution in [3.05, 3.63) is 75.6 Å². The molecule has 8 heteroatoms. The number of anilines is 1. The first-order valence-corrected chi connectivity index (χ1v) is 10.0. The maximum atomic E-state index is 13.2. The van der Waals surface area contributed by atoms with Crippen LogP contribution in [-0.4, -0.2) is 14.0 Å². The first-order chi connectivity index (χ1) is 13.0. The molecule has 0 bridgehead atoms. The number of nitrogen functional groups attached to an aromatic ring is 1. The maximum absolute atomic E-state index is 13.2. The van der Waals surface area contributed by atoms with Crippen molar-refractivity contribution in [2.75, 3.05) is 5.73 Å². The molecule has 0 saturated carbocycles. The summed E-state index contributed by atoms with van der Waals surface area (Å²) in [5.74, 6) is -0.418. The van der Waals surface area contributed by atoms with Crippen molar-refractivity contribution in [1.29, 1.82) is 0 Å². The van der Waals surface area contributed by atoms with Crippen molar-refractivity contribution in [3.8, 4) is 5.69 Å².